The number of halogens is 1. The number of carbonyl (C=O) groups is 2. The molecule has 2 amide bonds. The van der Waals surface area contributed by atoms with E-state index in [2.05, 4.69) is 10.6 Å². The van der Waals surface area contributed by atoms with E-state index in [1.54, 1.807) is 19.2 Å². The summed E-state index contributed by atoms with van der Waals surface area (Å²) in [5.41, 5.74) is 1.32. The molecule has 1 fully saturated rings. The molecule has 1 atom stereocenters. The molecule has 0 bridgehead atoms. The van der Waals surface area contributed by atoms with Gasteiger partial charge >= 0.3 is 0 Å². The molecule has 0 aliphatic carbocycles. The van der Waals surface area contributed by atoms with Crippen LogP contribution in [-0.2, 0) is 22.6 Å². The molecule has 0 aromatic heterocycles. The Morgan fingerprint density at radius 2 is 1.87 bits per heavy atom. The molecular formula is C23H27FN2O4. The van der Waals surface area contributed by atoms with Crippen LogP contribution in [0.15, 0.2) is 42.5 Å². The Bertz CT molecular complexity index is 901. The number of nitrogens with one attached hydrogen (secondary N) is 2. The van der Waals surface area contributed by atoms with Gasteiger partial charge in [0, 0.05) is 24.9 Å². The fraction of sp³-hybridized carbons (Fsp3) is 0.391. The zero-order valence-corrected chi connectivity index (χ0v) is 17.3. The Labute approximate surface area is 175 Å². The summed E-state index contributed by atoms with van der Waals surface area (Å²) in [7, 11) is 3.03. The van der Waals surface area contributed by atoms with Crippen LogP contribution < -0.4 is 20.1 Å². The Kier molecular flexibility index (Phi) is 6.92. The Hall–Kier alpha value is -3.09. The average molecular weight is 414 g/mol. The summed E-state index contributed by atoms with van der Waals surface area (Å²) in [6, 6.07) is 12.2. The normalized spacial score (nSPS) is 18.0. The third kappa shape index (κ3) is 5.49. The van der Waals surface area contributed by atoms with Gasteiger partial charge in [0.1, 0.15) is 5.75 Å². The van der Waals surface area contributed by atoms with Crippen molar-refractivity contribution in [2.24, 2.45) is 0 Å². The number of hydrogen-bond donors (Lipinski definition) is 2. The summed E-state index contributed by atoms with van der Waals surface area (Å²) >= 11 is 0. The average Bonchev–Trinajstić information content (AvgIpc) is 3.13. The molecule has 1 aliphatic rings. The predicted octanol–water partition coefficient (Wildman–Crippen LogP) is 3.13. The van der Waals surface area contributed by atoms with Gasteiger partial charge in [-0.05, 0) is 54.7 Å². The third-order valence-electron chi connectivity index (χ3n) is 5.47. The first kappa shape index (κ1) is 21.6. The lowest BCUT2D eigenvalue weighted by molar-refractivity contribution is -0.122. The van der Waals surface area contributed by atoms with E-state index in [0.717, 1.165) is 16.9 Å². The molecule has 7 heteroatoms. The van der Waals surface area contributed by atoms with Crippen molar-refractivity contribution in [1.82, 2.24) is 10.6 Å². The van der Waals surface area contributed by atoms with Gasteiger partial charge in [0.15, 0.2) is 11.6 Å². The molecule has 0 spiro atoms. The topological polar surface area (TPSA) is 76.7 Å². The van der Waals surface area contributed by atoms with Crippen molar-refractivity contribution in [2.75, 3.05) is 14.2 Å². The molecule has 160 valence electrons. The summed E-state index contributed by atoms with van der Waals surface area (Å²) in [5, 5.41) is 5.96. The maximum Gasteiger partial charge on any atom is 0.220 e. The van der Waals surface area contributed by atoms with Gasteiger partial charge in [-0.1, -0.05) is 18.2 Å². The fourth-order valence-electron chi connectivity index (χ4n) is 3.77. The van der Waals surface area contributed by atoms with Gasteiger partial charge in [-0.3, -0.25) is 9.59 Å². The number of benzene rings is 2. The van der Waals surface area contributed by atoms with Crippen LogP contribution in [0, 0.1) is 5.82 Å². The van der Waals surface area contributed by atoms with Crippen LogP contribution in [0.2, 0.25) is 0 Å². The molecule has 6 nitrogen and oxygen atoms in total. The summed E-state index contributed by atoms with van der Waals surface area (Å²) in [6.45, 7) is 0.428. The fourth-order valence-corrected chi connectivity index (χ4v) is 3.77. The van der Waals surface area contributed by atoms with E-state index >= 15 is 0 Å². The number of carbonyl (C=O) groups excluding carboxylic acids is 2. The zero-order valence-electron chi connectivity index (χ0n) is 17.3. The van der Waals surface area contributed by atoms with Crippen LogP contribution in [-0.4, -0.2) is 31.6 Å². The maximum atomic E-state index is 13.7. The highest BCUT2D eigenvalue weighted by Gasteiger charge is 2.38. The van der Waals surface area contributed by atoms with Crippen molar-refractivity contribution >= 4 is 11.8 Å². The molecule has 2 N–H and O–H groups in total. The highest BCUT2D eigenvalue weighted by molar-refractivity contribution is 5.80. The molecule has 2 aromatic rings. The van der Waals surface area contributed by atoms with Crippen LogP contribution in [0.1, 0.15) is 36.8 Å². The van der Waals surface area contributed by atoms with E-state index in [0.29, 0.717) is 32.2 Å². The molecule has 1 heterocycles. The number of ether oxygens (including phenoxy) is 2. The van der Waals surface area contributed by atoms with Gasteiger partial charge < -0.3 is 20.1 Å². The minimum absolute atomic E-state index is 0.0253. The van der Waals surface area contributed by atoms with Crippen LogP contribution >= 0.6 is 0 Å². The van der Waals surface area contributed by atoms with E-state index in [4.69, 9.17) is 9.47 Å². The second-order valence-corrected chi connectivity index (χ2v) is 7.60. The summed E-state index contributed by atoms with van der Waals surface area (Å²) < 4.78 is 23.9. The first-order valence-corrected chi connectivity index (χ1v) is 9.96. The van der Waals surface area contributed by atoms with Crippen LogP contribution in [0.5, 0.6) is 11.5 Å². The van der Waals surface area contributed by atoms with E-state index in [1.165, 1.54) is 13.2 Å². The maximum absolute atomic E-state index is 13.7. The molecular weight excluding hydrogens is 387 g/mol. The van der Waals surface area contributed by atoms with Crippen molar-refractivity contribution in [3.05, 3.63) is 59.4 Å². The lowest BCUT2D eigenvalue weighted by Crippen LogP contribution is -2.44. The Morgan fingerprint density at radius 1 is 1.13 bits per heavy atom. The SMILES string of the molecule is COc1ccc(CNC(=O)CCC2(Cc3ccc(F)c(OC)c3)CCC(=O)N2)cc1. The third-order valence-corrected chi connectivity index (χ3v) is 5.47. The number of methoxy groups -OCH3 is 2. The molecule has 3 rings (SSSR count). The van der Waals surface area contributed by atoms with Crippen molar-refractivity contribution in [3.63, 3.8) is 0 Å². The second-order valence-electron chi connectivity index (χ2n) is 7.60. The van der Waals surface area contributed by atoms with Crippen LogP contribution in [0.4, 0.5) is 4.39 Å². The van der Waals surface area contributed by atoms with Crippen molar-refractivity contribution in [3.8, 4) is 11.5 Å². The molecule has 1 saturated heterocycles. The summed E-state index contributed by atoms with van der Waals surface area (Å²) in [6.07, 6.45) is 2.37. The standard InChI is InChI=1S/C23H27FN2O4/c1-29-18-6-3-16(4-7-18)15-25-21(27)9-11-23(12-10-22(28)26-23)14-17-5-8-19(24)20(13-17)30-2/h3-8,13H,9-12,14-15H2,1-2H3,(H,25,27)(H,26,28). The summed E-state index contributed by atoms with van der Waals surface area (Å²) in [5.74, 6) is 0.403. The number of hydrogen-bond acceptors (Lipinski definition) is 4. The van der Waals surface area contributed by atoms with E-state index < -0.39 is 11.4 Å². The van der Waals surface area contributed by atoms with Crippen LogP contribution in [0.25, 0.3) is 0 Å². The molecule has 2 aromatic carbocycles. The largest absolute Gasteiger partial charge is 0.497 e. The lowest BCUT2D eigenvalue weighted by atomic mass is 9.85. The van der Waals surface area contributed by atoms with Gasteiger partial charge in [-0.25, -0.2) is 4.39 Å². The first-order valence-electron chi connectivity index (χ1n) is 9.96. The van der Waals surface area contributed by atoms with E-state index in [9.17, 15) is 14.0 Å². The van der Waals surface area contributed by atoms with Gasteiger partial charge in [0.25, 0.3) is 0 Å². The quantitative estimate of drug-likeness (QED) is 0.661. The Morgan fingerprint density at radius 3 is 2.50 bits per heavy atom. The van der Waals surface area contributed by atoms with Gasteiger partial charge in [-0.2, -0.15) is 0 Å². The molecule has 1 unspecified atom stereocenters. The minimum Gasteiger partial charge on any atom is -0.497 e. The molecule has 0 radical (unpaired) electrons. The smallest absolute Gasteiger partial charge is 0.220 e. The van der Waals surface area contributed by atoms with Crippen LogP contribution in [0.3, 0.4) is 0 Å². The van der Waals surface area contributed by atoms with Crippen molar-refractivity contribution in [1.29, 1.82) is 0 Å². The Balaban J connectivity index is 1.59. The zero-order chi connectivity index (χ0) is 21.6. The van der Waals surface area contributed by atoms with Crippen molar-refractivity contribution in [2.45, 2.75) is 44.2 Å². The van der Waals surface area contributed by atoms with E-state index in [-0.39, 0.29) is 24.0 Å². The van der Waals surface area contributed by atoms with Crippen molar-refractivity contribution < 1.29 is 23.5 Å². The second kappa shape index (κ2) is 9.61. The monoisotopic (exact) mass is 414 g/mol. The van der Waals surface area contributed by atoms with Gasteiger partial charge in [-0.15, -0.1) is 0 Å². The first-order chi connectivity index (χ1) is 14.4. The number of rotatable bonds is 9. The van der Waals surface area contributed by atoms with Gasteiger partial charge in [0.05, 0.1) is 14.2 Å². The molecule has 0 saturated carbocycles. The predicted molar refractivity (Wildman–Crippen MR) is 111 cm³/mol. The summed E-state index contributed by atoms with van der Waals surface area (Å²) in [4.78, 5) is 24.3. The molecule has 1 aliphatic heterocycles. The van der Waals surface area contributed by atoms with E-state index in [1.807, 2.05) is 24.3 Å². The molecule has 30 heavy (non-hydrogen) atoms. The highest BCUT2D eigenvalue weighted by Crippen LogP contribution is 2.31. The minimum atomic E-state index is -0.516. The van der Waals surface area contributed by atoms with Gasteiger partial charge in [0.2, 0.25) is 11.8 Å². The lowest BCUT2D eigenvalue weighted by Gasteiger charge is -2.29. The number of amides is 2. The highest BCUT2D eigenvalue weighted by atomic mass is 19.1.